The Balaban J connectivity index is 3.36. The van der Waals surface area contributed by atoms with Crippen LogP contribution < -0.4 is 0 Å². The molecule has 0 fully saturated rings. The zero-order valence-corrected chi connectivity index (χ0v) is 19.3. The average molecular weight is 437 g/mol. The second-order valence-corrected chi connectivity index (χ2v) is 20.3. The standard InChI is InChI=1S/C10H11O.3C4H9.Sn/c1-9-5-2-3-6-10(9)7-4-8-11;3*1-3-4-2;/h2-6,11H,8H2,1H3;3*1,3-4H2,2H3;. The third-order valence-electron chi connectivity index (χ3n) is 5.33. The Morgan fingerprint density at radius 3 is 1.83 bits per heavy atom. The van der Waals surface area contributed by atoms with Crippen molar-refractivity contribution in [2.24, 2.45) is 0 Å². The van der Waals surface area contributed by atoms with Crippen LogP contribution in [0.2, 0.25) is 13.3 Å². The SMILES string of the molecule is CCC[CH2][Sn]([CH2]CCC)([CH2]CCC)/[C](=C/CO)c1ccccc1C. The predicted octanol–water partition coefficient (Wildman–Crippen LogP) is 6.76. The number of hydrogen-bond acceptors (Lipinski definition) is 1. The maximum absolute atomic E-state index is 9.79. The van der Waals surface area contributed by atoms with Crippen LogP contribution in [-0.2, 0) is 0 Å². The summed E-state index contributed by atoms with van der Waals surface area (Å²) in [6, 6.07) is 8.84. The second kappa shape index (κ2) is 12.1. The van der Waals surface area contributed by atoms with Crippen molar-refractivity contribution in [2.75, 3.05) is 6.61 Å². The van der Waals surface area contributed by atoms with Gasteiger partial charge >= 0.3 is 155 Å². The molecule has 2 heteroatoms. The van der Waals surface area contributed by atoms with Crippen LogP contribution in [0.5, 0.6) is 0 Å². The van der Waals surface area contributed by atoms with E-state index < -0.39 is 18.4 Å². The molecule has 1 N–H and O–H groups in total. The minimum absolute atomic E-state index is 0.187. The van der Waals surface area contributed by atoms with Gasteiger partial charge in [0.2, 0.25) is 0 Å². The molecule has 0 unspecified atom stereocenters. The van der Waals surface area contributed by atoms with E-state index >= 15 is 0 Å². The van der Waals surface area contributed by atoms with Gasteiger partial charge in [0.15, 0.2) is 0 Å². The zero-order chi connectivity index (χ0) is 17.8. The van der Waals surface area contributed by atoms with Crippen LogP contribution in [-0.4, -0.2) is 30.1 Å². The Morgan fingerprint density at radius 1 is 0.917 bits per heavy atom. The normalized spacial score (nSPS) is 12.6. The summed E-state index contributed by atoms with van der Waals surface area (Å²) in [6.07, 6.45) is 10.1. The van der Waals surface area contributed by atoms with E-state index in [9.17, 15) is 5.11 Å². The average Bonchev–Trinajstić information content (AvgIpc) is 2.60. The molecular formula is C22H38OSn. The van der Waals surface area contributed by atoms with Gasteiger partial charge in [-0.3, -0.25) is 0 Å². The summed E-state index contributed by atoms with van der Waals surface area (Å²) >= 11 is -2.50. The van der Waals surface area contributed by atoms with Gasteiger partial charge in [-0.2, -0.15) is 0 Å². The Hall–Kier alpha value is -0.281. The molecule has 0 aromatic heterocycles. The zero-order valence-electron chi connectivity index (χ0n) is 16.4. The molecule has 1 nitrogen and oxygen atoms in total. The van der Waals surface area contributed by atoms with Gasteiger partial charge in [-0.15, -0.1) is 0 Å². The summed E-state index contributed by atoms with van der Waals surface area (Å²) in [6.45, 7) is 9.38. The van der Waals surface area contributed by atoms with Gasteiger partial charge in [-0.05, 0) is 0 Å². The van der Waals surface area contributed by atoms with E-state index in [2.05, 4.69) is 58.0 Å². The monoisotopic (exact) mass is 438 g/mol. The van der Waals surface area contributed by atoms with Crippen LogP contribution in [0.25, 0.3) is 3.59 Å². The van der Waals surface area contributed by atoms with Crippen molar-refractivity contribution in [1.29, 1.82) is 0 Å². The van der Waals surface area contributed by atoms with Crippen LogP contribution in [0, 0.1) is 6.92 Å². The molecule has 0 bridgehead atoms. The first-order valence-corrected chi connectivity index (χ1v) is 17.5. The van der Waals surface area contributed by atoms with Crippen LogP contribution in [0.15, 0.2) is 30.3 Å². The fourth-order valence-electron chi connectivity index (χ4n) is 3.90. The van der Waals surface area contributed by atoms with Gasteiger partial charge in [0, 0.05) is 0 Å². The molecule has 0 radical (unpaired) electrons. The number of aliphatic hydroxyl groups excluding tert-OH is 1. The van der Waals surface area contributed by atoms with E-state index in [0.29, 0.717) is 0 Å². The van der Waals surface area contributed by atoms with Gasteiger partial charge in [-0.25, -0.2) is 0 Å². The Bertz CT molecular complexity index is 471. The van der Waals surface area contributed by atoms with Crippen LogP contribution in [0.3, 0.4) is 0 Å². The van der Waals surface area contributed by atoms with E-state index in [1.807, 2.05) is 0 Å². The Morgan fingerprint density at radius 2 is 1.42 bits per heavy atom. The molecular weight excluding hydrogens is 399 g/mol. The molecule has 0 atom stereocenters. The number of aryl methyl sites for hydroxylation is 1. The van der Waals surface area contributed by atoms with Crippen LogP contribution >= 0.6 is 0 Å². The number of rotatable bonds is 12. The summed E-state index contributed by atoms with van der Waals surface area (Å²) in [4.78, 5) is 0. The Kier molecular flexibility index (Phi) is 11.0. The molecule has 0 aliphatic heterocycles. The third-order valence-corrected chi connectivity index (χ3v) is 21.2. The van der Waals surface area contributed by atoms with Crippen LogP contribution in [0.4, 0.5) is 0 Å². The second-order valence-electron chi connectivity index (χ2n) is 7.21. The van der Waals surface area contributed by atoms with Gasteiger partial charge < -0.3 is 0 Å². The molecule has 0 saturated carbocycles. The predicted molar refractivity (Wildman–Crippen MR) is 111 cm³/mol. The quantitative estimate of drug-likeness (QED) is 0.359. The van der Waals surface area contributed by atoms with Crippen molar-refractivity contribution in [3.63, 3.8) is 0 Å². The third kappa shape index (κ3) is 6.22. The summed E-state index contributed by atoms with van der Waals surface area (Å²) < 4.78 is 5.96. The number of unbranched alkanes of at least 4 members (excludes halogenated alkanes) is 3. The van der Waals surface area contributed by atoms with Gasteiger partial charge in [0.05, 0.1) is 0 Å². The molecule has 0 heterocycles. The summed E-state index contributed by atoms with van der Waals surface area (Å²) in [5, 5.41) is 9.79. The molecule has 136 valence electrons. The van der Waals surface area contributed by atoms with Gasteiger partial charge in [-0.1, -0.05) is 0 Å². The first kappa shape index (κ1) is 21.8. The van der Waals surface area contributed by atoms with E-state index in [0.717, 1.165) is 0 Å². The number of benzene rings is 1. The first-order chi connectivity index (χ1) is 11.6. The van der Waals surface area contributed by atoms with Gasteiger partial charge in [0.1, 0.15) is 0 Å². The van der Waals surface area contributed by atoms with Crippen molar-refractivity contribution >= 4 is 22.0 Å². The fraction of sp³-hybridized carbons (Fsp3) is 0.636. The van der Waals surface area contributed by atoms with Gasteiger partial charge in [0.25, 0.3) is 0 Å². The minimum atomic E-state index is -2.50. The molecule has 1 aromatic carbocycles. The van der Waals surface area contributed by atoms with E-state index in [1.54, 1.807) is 3.59 Å². The van der Waals surface area contributed by atoms with E-state index in [1.165, 1.54) is 63.0 Å². The van der Waals surface area contributed by atoms with E-state index in [4.69, 9.17) is 0 Å². The summed E-state index contributed by atoms with van der Waals surface area (Å²) in [5.74, 6) is 0. The molecule has 0 aliphatic rings. The van der Waals surface area contributed by atoms with Crippen molar-refractivity contribution in [2.45, 2.75) is 79.5 Å². The van der Waals surface area contributed by atoms with Crippen molar-refractivity contribution < 1.29 is 5.11 Å². The number of hydrogen-bond donors (Lipinski definition) is 1. The molecule has 0 amide bonds. The Labute approximate surface area is 154 Å². The molecule has 1 rings (SSSR count). The summed E-state index contributed by atoms with van der Waals surface area (Å²) in [5.41, 5.74) is 2.81. The fourth-order valence-corrected chi connectivity index (χ4v) is 21.1. The topological polar surface area (TPSA) is 20.2 Å². The molecule has 1 aromatic rings. The molecule has 0 saturated heterocycles. The van der Waals surface area contributed by atoms with Crippen molar-refractivity contribution in [3.8, 4) is 0 Å². The molecule has 0 spiro atoms. The van der Waals surface area contributed by atoms with Crippen LogP contribution in [0.1, 0.15) is 70.4 Å². The van der Waals surface area contributed by atoms with E-state index in [-0.39, 0.29) is 6.61 Å². The maximum atomic E-state index is 9.79. The number of aliphatic hydroxyl groups is 1. The molecule has 24 heavy (non-hydrogen) atoms. The van der Waals surface area contributed by atoms with Crippen molar-refractivity contribution in [3.05, 3.63) is 41.5 Å². The van der Waals surface area contributed by atoms with Crippen molar-refractivity contribution in [1.82, 2.24) is 0 Å². The first-order valence-electron chi connectivity index (χ1n) is 10.0. The molecule has 0 aliphatic carbocycles. The summed E-state index contributed by atoms with van der Waals surface area (Å²) in [7, 11) is 0.